The van der Waals surface area contributed by atoms with Crippen LogP contribution in [0.2, 0.25) is 0 Å². The molecule has 2 aromatic rings. The lowest BCUT2D eigenvalue weighted by Crippen LogP contribution is -2.19. The molecule has 126 valence electrons. The van der Waals surface area contributed by atoms with E-state index in [1.807, 2.05) is 25.1 Å². The zero-order valence-electron chi connectivity index (χ0n) is 13.4. The van der Waals surface area contributed by atoms with Crippen LogP contribution in [0, 0.1) is 6.92 Å². The zero-order chi connectivity index (χ0) is 17.6. The van der Waals surface area contributed by atoms with Crippen LogP contribution in [0.4, 0.5) is 0 Å². The normalized spacial score (nSPS) is 15.6. The van der Waals surface area contributed by atoms with Crippen LogP contribution in [0.25, 0.3) is 0 Å². The van der Waals surface area contributed by atoms with E-state index in [9.17, 15) is 9.59 Å². The van der Waals surface area contributed by atoms with Gasteiger partial charge < -0.3 is 10.1 Å². The molecular weight excluding hydrogens is 338 g/mol. The number of carbonyl (C=O) groups is 2. The van der Waals surface area contributed by atoms with Crippen molar-refractivity contribution in [2.24, 2.45) is 10.2 Å². The Bertz CT molecular complexity index is 860. The summed E-state index contributed by atoms with van der Waals surface area (Å²) < 4.78 is 5.38. The average molecular weight is 353 g/mol. The number of carbonyl (C=O) groups excluding carboxylic acids is 2. The van der Waals surface area contributed by atoms with Crippen molar-refractivity contribution in [2.75, 3.05) is 5.75 Å². The van der Waals surface area contributed by atoms with Gasteiger partial charge in [0.15, 0.2) is 5.17 Å². The SMILES string of the molecule is Cc1ccc(C(=O)Oc2cccc(C=NN=C3NC(=O)CS3)c2)cc1. The molecule has 3 rings (SSSR count). The van der Waals surface area contributed by atoms with E-state index in [2.05, 4.69) is 15.5 Å². The second-order valence-electron chi connectivity index (χ2n) is 5.31. The lowest BCUT2D eigenvalue weighted by Gasteiger charge is -2.05. The number of nitrogens with zero attached hydrogens (tertiary/aromatic N) is 2. The Morgan fingerprint density at radius 2 is 2.04 bits per heavy atom. The van der Waals surface area contributed by atoms with E-state index in [1.54, 1.807) is 30.3 Å². The van der Waals surface area contributed by atoms with Gasteiger partial charge in [-0.2, -0.15) is 5.10 Å². The van der Waals surface area contributed by atoms with Crippen molar-refractivity contribution >= 4 is 35.0 Å². The Labute approximate surface area is 149 Å². The third kappa shape index (κ3) is 4.77. The number of amides is 1. The first-order valence-corrected chi connectivity index (χ1v) is 8.51. The third-order valence-electron chi connectivity index (χ3n) is 3.30. The maximum Gasteiger partial charge on any atom is 0.343 e. The van der Waals surface area contributed by atoms with Crippen LogP contribution in [0.5, 0.6) is 5.75 Å². The topological polar surface area (TPSA) is 80.1 Å². The van der Waals surface area contributed by atoms with Gasteiger partial charge in [-0.3, -0.25) is 4.79 Å². The van der Waals surface area contributed by atoms with Gasteiger partial charge in [-0.1, -0.05) is 41.6 Å². The van der Waals surface area contributed by atoms with Crippen LogP contribution >= 0.6 is 11.8 Å². The molecule has 0 aliphatic carbocycles. The molecule has 1 N–H and O–H groups in total. The van der Waals surface area contributed by atoms with Crippen LogP contribution in [0.3, 0.4) is 0 Å². The predicted octanol–water partition coefficient (Wildman–Crippen LogP) is 2.77. The molecule has 1 heterocycles. The fourth-order valence-corrected chi connectivity index (χ4v) is 2.67. The van der Waals surface area contributed by atoms with Crippen LogP contribution in [-0.2, 0) is 4.79 Å². The molecule has 1 fully saturated rings. The van der Waals surface area contributed by atoms with Gasteiger partial charge in [0.25, 0.3) is 0 Å². The number of hydrogen-bond donors (Lipinski definition) is 1. The molecule has 0 saturated carbocycles. The first-order chi connectivity index (χ1) is 12.1. The molecule has 25 heavy (non-hydrogen) atoms. The molecule has 0 atom stereocenters. The fraction of sp³-hybridized carbons (Fsp3) is 0.111. The molecule has 6 nitrogen and oxygen atoms in total. The summed E-state index contributed by atoms with van der Waals surface area (Å²) in [5.74, 6) is 0.285. The fourth-order valence-electron chi connectivity index (χ4n) is 2.04. The van der Waals surface area contributed by atoms with Crippen molar-refractivity contribution < 1.29 is 14.3 Å². The highest BCUT2D eigenvalue weighted by atomic mass is 32.2. The molecule has 1 saturated heterocycles. The zero-order valence-corrected chi connectivity index (χ0v) is 14.2. The number of thioether (sulfide) groups is 1. The summed E-state index contributed by atoms with van der Waals surface area (Å²) in [5.41, 5.74) is 2.30. The largest absolute Gasteiger partial charge is 0.423 e. The standard InChI is InChI=1S/C18H15N3O3S/c1-12-5-7-14(8-6-12)17(23)24-15-4-2-3-13(9-15)10-19-21-18-20-16(22)11-25-18/h2-10H,11H2,1H3,(H,20,21,22). The smallest absolute Gasteiger partial charge is 0.343 e. The minimum Gasteiger partial charge on any atom is -0.423 e. The van der Waals surface area contributed by atoms with Crippen LogP contribution < -0.4 is 10.1 Å². The Hall–Kier alpha value is -2.93. The highest BCUT2D eigenvalue weighted by Crippen LogP contribution is 2.15. The van der Waals surface area contributed by atoms with Gasteiger partial charge in [0.1, 0.15) is 5.75 Å². The van der Waals surface area contributed by atoms with Crippen molar-refractivity contribution in [1.82, 2.24) is 5.32 Å². The number of benzene rings is 2. The summed E-state index contributed by atoms with van der Waals surface area (Å²) in [7, 11) is 0. The minimum atomic E-state index is -0.417. The quantitative estimate of drug-likeness (QED) is 0.397. The first kappa shape index (κ1) is 16.9. The van der Waals surface area contributed by atoms with Crippen molar-refractivity contribution in [3.63, 3.8) is 0 Å². The van der Waals surface area contributed by atoms with Gasteiger partial charge in [-0.25, -0.2) is 4.79 Å². The van der Waals surface area contributed by atoms with Gasteiger partial charge in [0.2, 0.25) is 5.91 Å². The van der Waals surface area contributed by atoms with E-state index >= 15 is 0 Å². The van der Waals surface area contributed by atoms with Gasteiger partial charge in [0, 0.05) is 0 Å². The molecular formula is C18H15N3O3S. The molecule has 0 unspecified atom stereocenters. The van der Waals surface area contributed by atoms with E-state index < -0.39 is 5.97 Å². The summed E-state index contributed by atoms with van der Waals surface area (Å²) in [6, 6.07) is 14.1. The summed E-state index contributed by atoms with van der Waals surface area (Å²) in [6.45, 7) is 1.96. The number of ether oxygens (including phenoxy) is 1. The van der Waals surface area contributed by atoms with E-state index in [1.165, 1.54) is 18.0 Å². The Balaban J connectivity index is 1.66. The maximum absolute atomic E-state index is 12.1. The minimum absolute atomic E-state index is 0.0797. The molecule has 0 aromatic heterocycles. The number of amidine groups is 1. The summed E-state index contributed by atoms with van der Waals surface area (Å²) in [4.78, 5) is 23.2. The van der Waals surface area contributed by atoms with Crippen molar-refractivity contribution in [3.8, 4) is 5.75 Å². The number of rotatable bonds is 4. The monoisotopic (exact) mass is 353 g/mol. The summed E-state index contributed by atoms with van der Waals surface area (Å²) in [5, 5.41) is 10.9. The van der Waals surface area contributed by atoms with Gasteiger partial charge in [-0.15, -0.1) is 5.10 Å². The average Bonchev–Trinajstić information content (AvgIpc) is 3.01. The number of nitrogens with one attached hydrogen (secondary N) is 1. The van der Waals surface area contributed by atoms with E-state index in [-0.39, 0.29) is 5.91 Å². The summed E-state index contributed by atoms with van der Waals surface area (Å²) in [6.07, 6.45) is 1.53. The van der Waals surface area contributed by atoms with Crippen LogP contribution in [0.15, 0.2) is 58.7 Å². The maximum atomic E-state index is 12.1. The number of hydrogen-bond acceptors (Lipinski definition) is 6. The van der Waals surface area contributed by atoms with Crippen LogP contribution in [0.1, 0.15) is 21.5 Å². The van der Waals surface area contributed by atoms with Gasteiger partial charge >= 0.3 is 5.97 Å². The van der Waals surface area contributed by atoms with Crippen molar-refractivity contribution in [1.29, 1.82) is 0 Å². The Morgan fingerprint density at radius 1 is 1.24 bits per heavy atom. The first-order valence-electron chi connectivity index (χ1n) is 7.53. The van der Waals surface area contributed by atoms with E-state index in [0.29, 0.717) is 22.2 Å². The molecule has 2 aromatic carbocycles. The van der Waals surface area contributed by atoms with Gasteiger partial charge in [-0.05, 0) is 36.8 Å². The second-order valence-corrected chi connectivity index (χ2v) is 6.28. The molecule has 0 radical (unpaired) electrons. The van der Waals surface area contributed by atoms with E-state index in [0.717, 1.165) is 11.1 Å². The second kappa shape index (κ2) is 7.76. The van der Waals surface area contributed by atoms with Crippen LogP contribution in [-0.4, -0.2) is 29.0 Å². The highest BCUT2D eigenvalue weighted by Gasteiger charge is 2.15. The summed E-state index contributed by atoms with van der Waals surface area (Å²) >= 11 is 1.30. The van der Waals surface area contributed by atoms with Crippen molar-refractivity contribution in [2.45, 2.75) is 6.92 Å². The van der Waals surface area contributed by atoms with Gasteiger partial charge in [0.05, 0.1) is 17.5 Å². The van der Waals surface area contributed by atoms with E-state index in [4.69, 9.17) is 4.74 Å². The lowest BCUT2D eigenvalue weighted by atomic mass is 10.1. The number of esters is 1. The molecule has 1 amide bonds. The molecule has 1 aliphatic heterocycles. The Kier molecular flexibility index (Phi) is 5.25. The molecule has 1 aliphatic rings. The molecule has 0 bridgehead atoms. The third-order valence-corrected chi connectivity index (χ3v) is 4.16. The Morgan fingerprint density at radius 3 is 2.76 bits per heavy atom. The lowest BCUT2D eigenvalue weighted by molar-refractivity contribution is -0.116. The highest BCUT2D eigenvalue weighted by molar-refractivity contribution is 8.15. The molecule has 0 spiro atoms. The molecule has 7 heteroatoms. The van der Waals surface area contributed by atoms with Crippen molar-refractivity contribution in [3.05, 3.63) is 65.2 Å². The number of aryl methyl sites for hydroxylation is 1. The predicted molar refractivity (Wildman–Crippen MR) is 98.2 cm³/mol.